The Labute approximate surface area is 115 Å². The van der Waals surface area contributed by atoms with Crippen LogP contribution in [-0.2, 0) is 13.0 Å². The van der Waals surface area contributed by atoms with Crippen LogP contribution in [0.4, 0.5) is 0 Å². The summed E-state index contributed by atoms with van der Waals surface area (Å²) in [6.45, 7) is 11.5. The van der Waals surface area contributed by atoms with Gasteiger partial charge in [0, 0.05) is 13.1 Å². The predicted molar refractivity (Wildman–Crippen MR) is 82.3 cm³/mol. The normalized spacial score (nSPS) is 22.1. The lowest BCUT2D eigenvalue weighted by atomic mass is 10.5. The van der Waals surface area contributed by atoms with Crippen LogP contribution in [0.3, 0.4) is 0 Å². The summed E-state index contributed by atoms with van der Waals surface area (Å²) in [5.41, 5.74) is 0. The zero-order chi connectivity index (χ0) is 13.8. The van der Waals surface area contributed by atoms with Gasteiger partial charge in [-0.15, -0.1) is 0 Å². The van der Waals surface area contributed by atoms with E-state index in [0.29, 0.717) is 6.17 Å². The molecule has 0 amide bonds. The smallest absolute Gasteiger partial charge is 0.423 e. The molecule has 0 aromatic rings. The molecule has 106 valence electrons. The van der Waals surface area contributed by atoms with E-state index < -0.39 is 26.0 Å². The average molecular weight is 307 g/mol. The molecule has 1 atom stereocenters. The Morgan fingerprint density at radius 2 is 1.89 bits per heavy atom. The third kappa shape index (κ3) is 6.62. The zero-order valence-corrected chi connectivity index (χ0v) is 15.4. The van der Waals surface area contributed by atoms with E-state index in [1.54, 1.807) is 0 Å². The van der Waals surface area contributed by atoms with Crippen molar-refractivity contribution >= 4 is 33.5 Å². The minimum atomic E-state index is -3.04. The van der Waals surface area contributed by atoms with Crippen LogP contribution in [0.15, 0.2) is 0 Å². The number of hydrogen-bond acceptors (Lipinski definition) is 5. The summed E-state index contributed by atoms with van der Waals surface area (Å²) in [6, 6.07) is 0. The molecule has 0 aromatic heterocycles. The summed E-state index contributed by atoms with van der Waals surface area (Å²) in [4.78, 5) is 13.0. The van der Waals surface area contributed by atoms with Crippen LogP contribution in [0.2, 0.25) is 26.2 Å². The molecular weight excluding hydrogens is 281 g/mol. The number of hydrogen-bond donors (Lipinski definition) is 1. The van der Waals surface area contributed by atoms with Gasteiger partial charge in [0.25, 0.3) is 0 Å². The molecule has 0 saturated carbocycles. The molecule has 1 unspecified atom stereocenters. The number of morpholine rings is 1. The van der Waals surface area contributed by atoms with Crippen LogP contribution < -0.4 is 0 Å². The lowest BCUT2D eigenvalue weighted by Gasteiger charge is -2.37. The highest BCUT2D eigenvalue weighted by molar-refractivity contribution is 7.14. The first kappa shape index (κ1) is 16.6. The molecule has 1 fully saturated rings. The fourth-order valence-corrected chi connectivity index (χ4v) is 10.8. The molecule has 1 heterocycles. The van der Waals surface area contributed by atoms with Crippen molar-refractivity contribution in [3.05, 3.63) is 0 Å². The third-order valence-corrected chi connectivity index (χ3v) is 10.3. The second kappa shape index (κ2) is 6.80. The van der Waals surface area contributed by atoms with Gasteiger partial charge in [0.15, 0.2) is 9.04 Å². The average Bonchev–Trinajstić information content (AvgIpc) is 2.13. The Hall–Kier alpha value is 0.516. The van der Waals surface area contributed by atoms with Gasteiger partial charge in [-0.05, 0) is 13.1 Å². The lowest BCUT2D eigenvalue weighted by Crippen LogP contribution is -2.61. The molecule has 0 bridgehead atoms. The van der Waals surface area contributed by atoms with Gasteiger partial charge in [0.1, 0.15) is 15.6 Å². The Bertz CT molecular complexity index is 261. The largest absolute Gasteiger partial charge is 0.491 e. The fraction of sp³-hybridized carbons (Fsp3) is 1.00. The second-order valence-electron chi connectivity index (χ2n) is 5.98. The lowest BCUT2D eigenvalue weighted by molar-refractivity contribution is 0.0383. The summed E-state index contributed by atoms with van der Waals surface area (Å²) in [7, 11) is -4.05. The van der Waals surface area contributed by atoms with Gasteiger partial charge in [-0.2, -0.15) is 0 Å². The maximum atomic E-state index is 10.8. The van der Waals surface area contributed by atoms with Gasteiger partial charge in [0.2, 0.25) is 0 Å². The standard InChI is InChI=1S/C9H26BNO4Si3/c1-16(2)14-18(12,15-17(3,4)10)9-11-5-7-13-8-6-11/h12,16H,5-10H2,1-4H3. The van der Waals surface area contributed by atoms with Crippen LogP contribution in [0.5, 0.6) is 0 Å². The van der Waals surface area contributed by atoms with E-state index in [0.717, 1.165) is 26.3 Å². The molecule has 1 aliphatic rings. The van der Waals surface area contributed by atoms with Crippen molar-refractivity contribution in [1.82, 2.24) is 4.90 Å². The molecular formula is C9H26BNO4Si3. The number of rotatable bonds is 6. The van der Waals surface area contributed by atoms with Crippen LogP contribution in [0, 0.1) is 0 Å². The summed E-state index contributed by atoms with van der Waals surface area (Å²) in [5.74, 6) is 0. The van der Waals surface area contributed by atoms with Crippen molar-refractivity contribution in [2.45, 2.75) is 26.2 Å². The molecule has 18 heavy (non-hydrogen) atoms. The molecule has 1 rings (SSSR count). The van der Waals surface area contributed by atoms with Gasteiger partial charge in [-0.25, -0.2) is 0 Å². The van der Waals surface area contributed by atoms with Crippen molar-refractivity contribution < 1.29 is 17.8 Å². The minimum Gasteiger partial charge on any atom is -0.423 e. The van der Waals surface area contributed by atoms with Gasteiger partial charge in [-0.3, -0.25) is 4.90 Å². The van der Waals surface area contributed by atoms with E-state index >= 15 is 0 Å². The first-order valence-electron chi connectivity index (χ1n) is 6.61. The molecule has 0 spiro atoms. The topological polar surface area (TPSA) is 51.2 Å². The van der Waals surface area contributed by atoms with Crippen LogP contribution >= 0.6 is 0 Å². The van der Waals surface area contributed by atoms with Gasteiger partial charge in [-0.1, -0.05) is 13.1 Å². The summed E-state index contributed by atoms with van der Waals surface area (Å²) >= 11 is 0. The van der Waals surface area contributed by atoms with E-state index in [2.05, 4.69) is 38.5 Å². The van der Waals surface area contributed by atoms with Crippen molar-refractivity contribution in [3.63, 3.8) is 0 Å². The highest BCUT2D eigenvalue weighted by Gasteiger charge is 2.43. The van der Waals surface area contributed by atoms with Gasteiger partial charge >= 0.3 is 8.80 Å². The van der Waals surface area contributed by atoms with Crippen molar-refractivity contribution in [2.24, 2.45) is 0 Å². The van der Waals surface area contributed by atoms with Gasteiger partial charge in [0.05, 0.1) is 19.4 Å². The summed E-state index contributed by atoms with van der Waals surface area (Å²) < 4.78 is 17.2. The van der Waals surface area contributed by atoms with E-state index in [1.165, 1.54) is 0 Å². The minimum absolute atomic E-state index is 0.547. The predicted octanol–water partition coefficient (Wildman–Crippen LogP) is -0.859. The van der Waals surface area contributed by atoms with Crippen molar-refractivity contribution in [3.8, 4) is 0 Å². The zero-order valence-electron chi connectivity index (χ0n) is 12.2. The van der Waals surface area contributed by atoms with Crippen LogP contribution in [0.25, 0.3) is 0 Å². The SMILES string of the molecule is B[Si](C)(C)O[Si](O)(CN1CCOCC1)O[SiH](C)C. The molecule has 1 saturated heterocycles. The molecule has 1 N–H and O–H groups in total. The Morgan fingerprint density at radius 3 is 2.33 bits per heavy atom. The number of ether oxygens (including phenoxy) is 1. The maximum Gasteiger partial charge on any atom is 0.491 e. The highest BCUT2D eigenvalue weighted by Crippen LogP contribution is 2.14. The third-order valence-electron chi connectivity index (χ3n) is 2.41. The molecule has 0 radical (unpaired) electrons. The highest BCUT2D eigenvalue weighted by atomic mass is 28.5. The molecule has 0 aliphatic carbocycles. The Morgan fingerprint density at radius 1 is 1.33 bits per heavy atom. The molecule has 0 aromatic carbocycles. The first-order valence-corrected chi connectivity index (χ1v) is 14.8. The van der Waals surface area contributed by atoms with E-state index in [4.69, 9.17) is 13.0 Å². The van der Waals surface area contributed by atoms with E-state index in [1.807, 2.05) is 0 Å². The molecule has 9 heteroatoms. The Balaban J connectivity index is 2.63. The monoisotopic (exact) mass is 307 g/mol. The van der Waals surface area contributed by atoms with Crippen molar-refractivity contribution in [2.75, 3.05) is 32.5 Å². The summed E-state index contributed by atoms with van der Waals surface area (Å²) in [5, 5.41) is 0. The maximum absolute atomic E-state index is 10.8. The molecule has 5 nitrogen and oxygen atoms in total. The Kier molecular flexibility index (Phi) is 6.26. The number of nitrogens with zero attached hydrogens (tertiary/aromatic N) is 1. The second-order valence-corrected chi connectivity index (χ2v) is 15.8. The summed E-state index contributed by atoms with van der Waals surface area (Å²) in [6.07, 6.45) is 0.547. The van der Waals surface area contributed by atoms with Crippen LogP contribution in [-0.4, -0.2) is 75.6 Å². The quantitative estimate of drug-likeness (QED) is 0.647. The first-order chi connectivity index (χ1) is 8.20. The van der Waals surface area contributed by atoms with Crippen LogP contribution in [0.1, 0.15) is 0 Å². The molecule has 1 aliphatic heterocycles. The van der Waals surface area contributed by atoms with E-state index in [9.17, 15) is 4.80 Å². The van der Waals surface area contributed by atoms with Gasteiger partial charge < -0.3 is 17.8 Å². The van der Waals surface area contributed by atoms with Crippen molar-refractivity contribution in [1.29, 1.82) is 0 Å². The fourth-order valence-electron chi connectivity index (χ4n) is 1.98. The van der Waals surface area contributed by atoms with E-state index in [-0.39, 0.29) is 0 Å².